The maximum absolute atomic E-state index is 4.56. The van der Waals surface area contributed by atoms with Crippen LogP contribution in [0, 0.1) is 13.8 Å². The highest BCUT2D eigenvalue weighted by molar-refractivity contribution is 5.94. The van der Waals surface area contributed by atoms with Crippen LogP contribution >= 0.6 is 0 Å². The molecule has 0 aliphatic heterocycles. The molecule has 3 rings (SSSR count). The molecule has 0 saturated heterocycles. The van der Waals surface area contributed by atoms with Crippen molar-refractivity contribution in [3.63, 3.8) is 0 Å². The Morgan fingerprint density at radius 1 is 0.650 bits per heavy atom. The van der Waals surface area contributed by atoms with Gasteiger partial charge in [0.25, 0.3) is 0 Å². The number of rotatable bonds is 0. The Labute approximate surface area is 121 Å². The maximum Gasteiger partial charge on any atom is 0.0896 e. The van der Waals surface area contributed by atoms with E-state index in [1.54, 1.807) is 0 Å². The molecular weight excluding hydrogens is 244 g/mol. The number of benzene rings is 2. The van der Waals surface area contributed by atoms with Crippen LogP contribution in [0.5, 0.6) is 0 Å². The molecule has 0 atom stereocenters. The first-order valence-corrected chi connectivity index (χ1v) is 7.38. The molecule has 1 aromatic heterocycles. The second kappa shape index (κ2) is 7.59. The summed E-state index contributed by atoms with van der Waals surface area (Å²) in [7, 11) is 0. The van der Waals surface area contributed by atoms with E-state index in [0.29, 0.717) is 0 Å². The van der Waals surface area contributed by atoms with Gasteiger partial charge in [-0.15, -0.1) is 0 Å². The van der Waals surface area contributed by atoms with Gasteiger partial charge in [-0.05, 0) is 36.8 Å². The van der Waals surface area contributed by atoms with E-state index in [1.165, 1.54) is 10.8 Å². The van der Waals surface area contributed by atoms with E-state index in [0.717, 1.165) is 22.4 Å². The highest BCUT2D eigenvalue weighted by atomic mass is 14.8. The minimum absolute atomic E-state index is 0.974. The van der Waals surface area contributed by atoms with E-state index in [-0.39, 0.29) is 0 Å². The number of aryl methyl sites for hydroxylation is 2. The van der Waals surface area contributed by atoms with Crippen LogP contribution in [0.4, 0.5) is 0 Å². The van der Waals surface area contributed by atoms with Crippen molar-refractivity contribution in [2.75, 3.05) is 0 Å². The fourth-order valence-electron chi connectivity index (χ4n) is 1.92. The first kappa shape index (κ1) is 16.1. The average molecular weight is 268 g/mol. The normalized spacial score (nSPS) is 9.50. The van der Waals surface area contributed by atoms with Crippen molar-refractivity contribution in [1.82, 2.24) is 9.97 Å². The van der Waals surface area contributed by atoms with Gasteiger partial charge in [0.2, 0.25) is 0 Å². The molecule has 106 valence electrons. The second-order valence-corrected chi connectivity index (χ2v) is 4.08. The van der Waals surface area contributed by atoms with E-state index in [9.17, 15) is 0 Å². The molecule has 0 fully saturated rings. The third kappa shape index (κ3) is 3.32. The standard InChI is InChI=1S/C14H12N2.2C2H6/c1-9-10(2)16-14-8-12-6-4-3-5-11(12)7-13(14)15-9;2*1-2/h3-8H,1-2H3;2*1-2H3. The zero-order valence-electron chi connectivity index (χ0n) is 13.4. The van der Waals surface area contributed by atoms with Gasteiger partial charge in [0.05, 0.1) is 22.4 Å². The fourth-order valence-corrected chi connectivity index (χ4v) is 1.92. The summed E-state index contributed by atoms with van der Waals surface area (Å²) < 4.78 is 0. The van der Waals surface area contributed by atoms with Crippen LogP contribution in [-0.2, 0) is 0 Å². The maximum atomic E-state index is 4.56. The molecule has 0 bridgehead atoms. The third-order valence-electron chi connectivity index (χ3n) is 2.94. The Morgan fingerprint density at radius 2 is 1.00 bits per heavy atom. The van der Waals surface area contributed by atoms with Crippen molar-refractivity contribution in [2.24, 2.45) is 0 Å². The van der Waals surface area contributed by atoms with Crippen LogP contribution in [-0.4, -0.2) is 9.97 Å². The van der Waals surface area contributed by atoms with Gasteiger partial charge in [0.15, 0.2) is 0 Å². The molecular formula is C18H24N2. The Morgan fingerprint density at radius 3 is 1.35 bits per heavy atom. The molecule has 0 spiro atoms. The molecule has 2 aromatic carbocycles. The largest absolute Gasteiger partial charge is 0.250 e. The molecule has 20 heavy (non-hydrogen) atoms. The molecule has 3 aromatic rings. The summed E-state index contributed by atoms with van der Waals surface area (Å²) >= 11 is 0. The Bertz CT molecular complexity index is 627. The quantitative estimate of drug-likeness (QED) is 0.506. The summed E-state index contributed by atoms with van der Waals surface area (Å²) in [4.78, 5) is 9.13. The monoisotopic (exact) mass is 268 g/mol. The van der Waals surface area contributed by atoms with Crippen LogP contribution in [0.1, 0.15) is 39.1 Å². The van der Waals surface area contributed by atoms with Crippen molar-refractivity contribution in [2.45, 2.75) is 41.5 Å². The van der Waals surface area contributed by atoms with Crippen molar-refractivity contribution < 1.29 is 0 Å². The smallest absolute Gasteiger partial charge is 0.0896 e. The lowest BCUT2D eigenvalue weighted by atomic mass is 10.1. The van der Waals surface area contributed by atoms with Crippen LogP contribution < -0.4 is 0 Å². The first-order chi connectivity index (χ1) is 9.74. The first-order valence-electron chi connectivity index (χ1n) is 7.38. The Hall–Kier alpha value is -1.96. The number of nitrogens with zero attached hydrogens (tertiary/aromatic N) is 2. The second-order valence-electron chi connectivity index (χ2n) is 4.08. The summed E-state index contributed by atoms with van der Waals surface area (Å²) in [5.74, 6) is 0. The van der Waals surface area contributed by atoms with Crippen molar-refractivity contribution in [1.29, 1.82) is 0 Å². The number of fused-ring (bicyclic) bond motifs is 2. The molecule has 0 saturated carbocycles. The van der Waals surface area contributed by atoms with Gasteiger partial charge in [-0.25, -0.2) is 9.97 Å². The van der Waals surface area contributed by atoms with Gasteiger partial charge in [-0.2, -0.15) is 0 Å². The van der Waals surface area contributed by atoms with E-state index < -0.39 is 0 Å². The van der Waals surface area contributed by atoms with Gasteiger partial charge in [0.1, 0.15) is 0 Å². The summed E-state index contributed by atoms with van der Waals surface area (Å²) in [5, 5.41) is 2.43. The van der Waals surface area contributed by atoms with Crippen LogP contribution in [0.2, 0.25) is 0 Å². The molecule has 0 N–H and O–H groups in total. The molecule has 0 aliphatic carbocycles. The molecule has 0 amide bonds. The predicted octanol–water partition coefficient (Wildman–Crippen LogP) is 5.45. The lowest BCUT2D eigenvalue weighted by molar-refractivity contribution is 1.10. The van der Waals surface area contributed by atoms with Crippen molar-refractivity contribution >= 4 is 21.8 Å². The van der Waals surface area contributed by atoms with Gasteiger partial charge in [0, 0.05) is 0 Å². The minimum Gasteiger partial charge on any atom is -0.250 e. The SMILES string of the molecule is CC.CC.Cc1nc2cc3ccccc3cc2nc1C. The summed E-state index contributed by atoms with van der Waals surface area (Å²) in [6.07, 6.45) is 0. The van der Waals surface area contributed by atoms with Gasteiger partial charge in [-0.1, -0.05) is 52.0 Å². The Balaban J connectivity index is 0.000000461. The van der Waals surface area contributed by atoms with E-state index >= 15 is 0 Å². The topological polar surface area (TPSA) is 25.8 Å². The van der Waals surface area contributed by atoms with Gasteiger partial charge < -0.3 is 0 Å². The van der Waals surface area contributed by atoms with E-state index in [1.807, 2.05) is 53.7 Å². The lowest BCUT2D eigenvalue weighted by Gasteiger charge is -2.04. The van der Waals surface area contributed by atoms with Crippen LogP contribution in [0.3, 0.4) is 0 Å². The van der Waals surface area contributed by atoms with Gasteiger partial charge >= 0.3 is 0 Å². The third-order valence-corrected chi connectivity index (χ3v) is 2.94. The number of hydrogen-bond acceptors (Lipinski definition) is 2. The molecule has 1 heterocycles. The average Bonchev–Trinajstić information content (AvgIpc) is 2.51. The van der Waals surface area contributed by atoms with E-state index in [2.05, 4.69) is 34.2 Å². The summed E-state index contributed by atoms with van der Waals surface area (Å²) in [6.45, 7) is 12.0. The Kier molecular flexibility index (Phi) is 6.10. The van der Waals surface area contributed by atoms with Crippen molar-refractivity contribution in [3.05, 3.63) is 47.8 Å². The summed E-state index contributed by atoms with van der Waals surface area (Å²) in [6, 6.07) is 12.5. The number of aromatic nitrogens is 2. The molecule has 0 unspecified atom stereocenters. The fraction of sp³-hybridized carbons (Fsp3) is 0.333. The molecule has 2 nitrogen and oxygen atoms in total. The number of hydrogen-bond donors (Lipinski definition) is 0. The molecule has 0 radical (unpaired) electrons. The zero-order chi connectivity index (χ0) is 15.1. The zero-order valence-corrected chi connectivity index (χ0v) is 13.4. The summed E-state index contributed by atoms with van der Waals surface area (Å²) in [5.41, 5.74) is 3.95. The lowest BCUT2D eigenvalue weighted by Crippen LogP contribution is -1.93. The highest BCUT2D eigenvalue weighted by Gasteiger charge is 2.02. The van der Waals surface area contributed by atoms with Crippen LogP contribution in [0.15, 0.2) is 36.4 Å². The van der Waals surface area contributed by atoms with Gasteiger partial charge in [-0.3, -0.25) is 0 Å². The minimum atomic E-state index is 0.974. The van der Waals surface area contributed by atoms with Crippen molar-refractivity contribution in [3.8, 4) is 0 Å². The molecule has 0 aliphatic rings. The van der Waals surface area contributed by atoms with E-state index in [4.69, 9.17) is 0 Å². The highest BCUT2D eigenvalue weighted by Crippen LogP contribution is 2.20. The van der Waals surface area contributed by atoms with Crippen LogP contribution in [0.25, 0.3) is 21.8 Å². The molecule has 2 heteroatoms. The predicted molar refractivity (Wildman–Crippen MR) is 89.2 cm³/mol.